The molecule has 0 bridgehead atoms. The predicted octanol–water partition coefficient (Wildman–Crippen LogP) is 3.13. The fourth-order valence-corrected chi connectivity index (χ4v) is 4.70. The lowest BCUT2D eigenvalue weighted by Crippen LogP contribution is -2.27. The Bertz CT molecular complexity index is 1170. The van der Waals surface area contributed by atoms with Crippen molar-refractivity contribution in [2.75, 3.05) is 18.0 Å². The van der Waals surface area contributed by atoms with E-state index in [0.29, 0.717) is 10.2 Å². The first-order chi connectivity index (χ1) is 13.6. The highest BCUT2D eigenvalue weighted by molar-refractivity contribution is 7.99. The van der Waals surface area contributed by atoms with Crippen LogP contribution in [0.1, 0.15) is 19.0 Å². The van der Waals surface area contributed by atoms with E-state index in [-0.39, 0.29) is 6.04 Å². The summed E-state index contributed by atoms with van der Waals surface area (Å²) in [6.45, 7) is 3.70. The van der Waals surface area contributed by atoms with Gasteiger partial charge in [-0.25, -0.2) is 9.97 Å². The molecule has 1 atom stereocenters. The van der Waals surface area contributed by atoms with Crippen molar-refractivity contribution < 1.29 is 0 Å². The minimum atomic E-state index is 0.152. The topological polar surface area (TPSA) is 112 Å². The number of halogens is 1. The average molecular weight is 415 g/mol. The van der Waals surface area contributed by atoms with Gasteiger partial charge in [-0.3, -0.25) is 5.10 Å². The Labute approximate surface area is 170 Å². The molecule has 8 nitrogen and oxygen atoms in total. The Morgan fingerprint density at radius 2 is 2.25 bits per heavy atom. The number of aryl methyl sites for hydroxylation is 1. The van der Waals surface area contributed by atoms with Gasteiger partial charge in [-0.15, -0.1) is 5.10 Å². The molecule has 144 valence electrons. The Balaban J connectivity index is 1.60. The van der Waals surface area contributed by atoms with Gasteiger partial charge in [0, 0.05) is 29.7 Å². The highest BCUT2D eigenvalue weighted by Crippen LogP contribution is 2.37. The fourth-order valence-electron chi connectivity index (χ4n) is 3.56. The number of H-pyrrole nitrogens is 2. The Morgan fingerprint density at radius 3 is 3.04 bits per heavy atom. The van der Waals surface area contributed by atoms with Gasteiger partial charge < -0.3 is 15.6 Å². The molecule has 1 fully saturated rings. The zero-order chi connectivity index (χ0) is 19.3. The number of hydrogen-bond donors (Lipinski definition) is 3. The van der Waals surface area contributed by atoms with Crippen molar-refractivity contribution in [1.82, 2.24) is 30.4 Å². The summed E-state index contributed by atoms with van der Waals surface area (Å²) >= 11 is 8.14. The second-order valence-electron chi connectivity index (χ2n) is 6.91. The number of rotatable bonds is 4. The van der Waals surface area contributed by atoms with Crippen molar-refractivity contribution >= 4 is 51.2 Å². The van der Waals surface area contributed by atoms with Crippen LogP contribution in [0.2, 0.25) is 5.02 Å². The van der Waals surface area contributed by atoms with Crippen LogP contribution in [-0.2, 0) is 6.42 Å². The molecule has 4 N–H and O–H groups in total. The molecule has 0 aliphatic carbocycles. The monoisotopic (exact) mass is 414 g/mol. The molecule has 4 aromatic rings. The van der Waals surface area contributed by atoms with Crippen LogP contribution in [-0.4, -0.2) is 49.5 Å². The molecule has 3 aromatic heterocycles. The first kappa shape index (κ1) is 17.7. The molecule has 0 unspecified atom stereocenters. The molecule has 28 heavy (non-hydrogen) atoms. The molecule has 1 saturated heterocycles. The summed E-state index contributed by atoms with van der Waals surface area (Å²) in [5.41, 5.74) is 9.58. The summed E-state index contributed by atoms with van der Waals surface area (Å²) in [4.78, 5) is 16.2. The number of nitrogens with two attached hydrogens (primary N) is 1. The Kier molecular flexibility index (Phi) is 4.37. The maximum atomic E-state index is 6.65. The van der Waals surface area contributed by atoms with Crippen molar-refractivity contribution in [3.05, 3.63) is 28.9 Å². The molecular weight excluding hydrogens is 396 g/mol. The van der Waals surface area contributed by atoms with Gasteiger partial charge in [0.15, 0.2) is 5.16 Å². The summed E-state index contributed by atoms with van der Waals surface area (Å²) in [6.07, 6.45) is 1.75. The normalized spacial score (nSPS) is 17.2. The number of benzene rings is 1. The first-order valence-electron chi connectivity index (χ1n) is 9.19. The Morgan fingerprint density at radius 1 is 1.36 bits per heavy atom. The predicted molar refractivity (Wildman–Crippen MR) is 111 cm³/mol. The van der Waals surface area contributed by atoms with Gasteiger partial charge in [-0.1, -0.05) is 23.7 Å². The number of anilines is 1. The summed E-state index contributed by atoms with van der Waals surface area (Å²) in [5.74, 6) is 0.851. The van der Waals surface area contributed by atoms with E-state index in [1.165, 1.54) is 11.8 Å². The summed E-state index contributed by atoms with van der Waals surface area (Å²) in [6, 6.07) is 6.09. The van der Waals surface area contributed by atoms with E-state index in [9.17, 15) is 0 Å². The summed E-state index contributed by atoms with van der Waals surface area (Å²) in [5, 5.41) is 13.0. The molecule has 0 radical (unpaired) electrons. The molecule has 0 amide bonds. The van der Waals surface area contributed by atoms with E-state index >= 15 is 0 Å². The number of hydrogen-bond acceptors (Lipinski definition) is 7. The molecule has 0 saturated carbocycles. The van der Waals surface area contributed by atoms with E-state index in [1.54, 1.807) is 0 Å². The second kappa shape index (κ2) is 6.91. The van der Waals surface area contributed by atoms with E-state index < -0.39 is 0 Å². The highest BCUT2D eigenvalue weighted by atomic mass is 35.5. The maximum absolute atomic E-state index is 6.65. The largest absolute Gasteiger partial charge is 0.354 e. The first-order valence-corrected chi connectivity index (χ1v) is 10.4. The minimum Gasteiger partial charge on any atom is -0.354 e. The van der Waals surface area contributed by atoms with Crippen LogP contribution in [0.15, 0.2) is 28.3 Å². The second-order valence-corrected chi connectivity index (χ2v) is 8.33. The summed E-state index contributed by atoms with van der Waals surface area (Å²) in [7, 11) is 0. The molecule has 1 aromatic carbocycles. The van der Waals surface area contributed by atoms with Crippen LogP contribution in [0.5, 0.6) is 0 Å². The molecule has 4 heterocycles. The standard InChI is InChI=1S/C18H19ClN8S/c1-2-11-15(19)14-16(21-11)22-18(23-17(14)27-6-5-9(20)8-27)28-10-3-4-12-13(7-10)25-26-24-12/h3-4,7,9H,2,5-6,8,20H2,1H3,(H,21,22,23)(H,24,25,26)/t9-/m1/s1. The average Bonchev–Trinajstić information content (AvgIpc) is 3.40. The number of fused-ring (bicyclic) bond motifs is 2. The van der Waals surface area contributed by atoms with Crippen LogP contribution in [0.4, 0.5) is 5.82 Å². The number of nitrogens with zero attached hydrogens (tertiary/aromatic N) is 5. The van der Waals surface area contributed by atoms with Crippen molar-refractivity contribution in [2.24, 2.45) is 5.73 Å². The van der Waals surface area contributed by atoms with Gasteiger partial charge in [0.05, 0.1) is 15.9 Å². The van der Waals surface area contributed by atoms with Crippen molar-refractivity contribution in [3.63, 3.8) is 0 Å². The van der Waals surface area contributed by atoms with Crippen molar-refractivity contribution in [1.29, 1.82) is 0 Å². The molecular formula is C18H19ClN8S. The zero-order valence-electron chi connectivity index (χ0n) is 15.2. The van der Waals surface area contributed by atoms with E-state index in [4.69, 9.17) is 27.3 Å². The lowest BCUT2D eigenvalue weighted by Gasteiger charge is -2.18. The van der Waals surface area contributed by atoms with E-state index in [2.05, 4.69) is 32.2 Å². The quantitative estimate of drug-likeness (QED) is 0.439. The van der Waals surface area contributed by atoms with Gasteiger partial charge in [-0.05, 0) is 42.8 Å². The highest BCUT2D eigenvalue weighted by Gasteiger charge is 2.26. The fraction of sp³-hybridized carbons (Fsp3) is 0.333. The number of aromatic nitrogens is 6. The van der Waals surface area contributed by atoms with Gasteiger partial charge in [0.1, 0.15) is 17.0 Å². The van der Waals surface area contributed by atoms with Gasteiger partial charge in [-0.2, -0.15) is 0 Å². The molecule has 5 rings (SSSR count). The third-order valence-electron chi connectivity index (χ3n) is 5.01. The third-order valence-corrected chi connectivity index (χ3v) is 6.28. The van der Waals surface area contributed by atoms with Gasteiger partial charge in [0.25, 0.3) is 0 Å². The zero-order valence-corrected chi connectivity index (χ0v) is 16.8. The van der Waals surface area contributed by atoms with E-state index in [1.807, 2.05) is 18.2 Å². The Hall–Kier alpha value is -2.36. The lowest BCUT2D eigenvalue weighted by atomic mass is 10.3. The van der Waals surface area contributed by atoms with Crippen LogP contribution in [0.3, 0.4) is 0 Å². The maximum Gasteiger partial charge on any atom is 0.196 e. The van der Waals surface area contributed by atoms with Crippen molar-refractivity contribution in [3.8, 4) is 0 Å². The van der Waals surface area contributed by atoms with Crippen LogP contribution < -0.4 is 10.6 Å². The number of aromatic amines is 2. The molecule has 1 aliphatic rings. The van der Waals surface area contributed by atoms with Gasteiger partial charge in [0.2, 0.25) is 0 Å². The smallest absolute Gasteiger partial charge is 0.196 e. The van der Waals surface area contributed by atoms with Crippen molar-refractivity contribution in [2.45, 2.75) is 35.9 Å². The van der Waals surface area contributed by atoms with Crippen LogP contribution in [0, 0.1) is 0 Å². The number of nitrogens with one attached hydrogen (secondary N) is 2. The SMILES string of the molecule is CCc1[nH]c2nc(Sc3ccc4[nH]nnc4c3)nc(N3CC[C@@H](N)C3)c2c1Cl. The molecule has 1 aliphatic heterocycles. The van der Waals surface area contributed by atoms with Crippen LogP contribution in [0.25, 0.3) is 22.1 Å². The van der Waals surface area contributed by atoms with E-state index in [0.717, 1.165) is 64.4 Å². The molecule has 0 spiro atoms. The summed E-state index contributed by atoms with van der Waals surface area (Å²) < 4.78 is 0. The minimum absolute atomic E-state index is 0.152. The van der Waals surface area contributed by atoms with Gasteiger partial charge >= 0.3 is 0 Å². The lowest BCUT2D eigenvalue weighted by molar-refractivity contribution is 0.751. The molecule has 10 heteroatoms. The van der Waals surface area contributed by atoms with Crippen LogP contribution >= 0.6 is 23.4 Å². The third kappa shape index (κ3) is 2.99.